The summed E-state index contributed by atoms with van der Waals surface area (Å²) in [7, 11) is 0. The Hall–Kier alpha value is -3.03. The third kappa shape index (κ3) is 6.23. The average molecular weight is 408 g/mol. The van der Waals surface area contributed by atoms with Gasteiger partial charge < -0.3 is 15.4 Å². The SMILES string of the molecule is CC(NC(=O)C(NC(=O)c1ccccc1F)C(C)C)c1cccc(OC(F)F)c1. The molecule has 5 nitrogen and oxygen atoms in total. The number of carbonyl (C=O) groups excluding carboxylic acids is 2. The average Bonchev–Trinajstić information content (AvgIpc) is 2.65. The van der Waals surface area contributed by atoms with Gasteiger partial charge in [0.1, 0.15) is 17.6 Å². The van der Waals surface area contributed by atoms with Gasteiger partial charge in [-0.15, -0.1) is 0 Å². The molecule has 8 heteroatoms. The third-order valence-electron chi connectivity index (χ3n) is 4.30. The maximum atomic E-state index is 13.8. The van der Waals surface area contributed by atoms with Gasteiger partial charge in [-0.3, -0.25) is 9.59 Å². The van der Waals surface area contributed by atoms with Gasteiger partial charge in [0.25, 0.3) is 5.91 Å². The van der Waals surface area contributed by atoms with E-state index in [0.717, 1.165) is 6.07 Å². The maximum Gasteiger partial charge on any atom is 0.387 e. The Kier molecular flexibility index (Phi) is 7.64. The molecule has 0 aliphatic rings. The summed E-state index contributed by atoms with van der Waals surface area (Å²) in [5, 5.41) is 5.29. The highest BCUT2D eigenvalue weighted by atomic mass is 19.3. The van der Waals surface area contributed by atoms with Crippen LogP contribution < -0.4 is 15.4 Å². The number of halogens is 3. The van der Waals surface area contributed by atoms with E-state index in [1.54, 1.807) is 26.8 Å². The zero-order valence-corrected chi connectivity index (χ0v) is 16.3. The first-order valence-electron chi connectivity index (χ1n) is 9.09. The summed E-state index contributed by atoms with van der Waals surface area (Å²) in [6.45, 7) is 2.21. The molecule has 2 rings (SSSR count). The van der Waals surface area contributed by atoms with Crippen molar-refractivity contribution >= 4 is 11.8 Å². The van der Waals surface area contributed by atoms with Crippen LogP contribution >= 0.6 is 0 Å². The monoisotopic (exact) mass is 408 g/mol. The molecule has 0 saturated heterocycles. The quantitative estimate of drug-likeness (QED) is 0.692. The highest BCUT2D eigenvalue weighted by molar-refractivity contribution is 5.97. The third-order valence-corrected chi connectivity index (χ3v) is 4.30. The van der Waals surface area contributed by atoms with Crippen LogP contribution in [0.1, 0.15) is 42.7 Å². The fraction of sp³-hybridized carbons (Fsp3) is 0.333. The van der Waals surface area contributed by atoms with Crippen LogP contribution in [0.2, 0.25) is 0 Å². The second-order valence-corrected chi connectivity index (χ2v) is 6.86. The van der Waals surface area contributed by atoms with Crippen LogP contribution in [0.3, 0.4) is 0 Å². The van der Waals surface area contributed by atoms with Crippen LogP contribution in [0, 0.1) is 11.7 Å². The van der Waals surface area contributed by atoms with Crippen molar-refractivity contribution < 1.29 is 27.5 Å². The molecule has 2 aromatic carbocycles. The fourth-order valence-electron chi connectivity index (χ4n) is 2.75. The Morgan fingerprint density at radius 3 is 2.28 bits per heavy atom. The Bertz CT molecular complexity index is 859. The minimum Gasteiger partial charge on any atom is -0.435 e. The number of ether oxygens (including phenoxy) is 1. The van der Waals surface area contributed by atoms with E-state index in [9.17, 15) is 22.8 Å². The number of rotatable bonds is 8. The number of carbonyl (C=O) groups is 2. The van der Waals surface area contributed by atoms with Crippen molar-refractivity contribution in [2.45, 2.75) is 39.5 Å². The molecule has 0 saturated carbocycles. The summed E-state index contributed by atoms with van der Waals surface area (Å²) in [5.41, 5.74) is 0.398. The lowest BCUT2D eigenvalue weighted by molar-refractivity contribution is -0.124. The van der Waals surface area contributed by atoms with Gasteiger partial charge in [0.05, 0.1) is 11.6 Å². The second kappa shape index (κ2) is 9.95. The topological polar surface area (TPSA) is 67.4 Å². The second-order valence-electron chi connectivity index (χ2n) is 6.86. The summed E-state index contributed by atoms with van der Waals surface area (Å²) in [6.07, 6.45) is 0. The van der Waals surface area contributed by atoms with Gasteiger partial charge in [-0.25, -0.2) is 4.39 Å². The van der Waals surface area contributed by atoms with Crippen molar-refractivity contribution in [2.75, 3.05) is 0 Å². The van der Waals surface area contributed by atoms with Gasteiger partial charge in [0.15, 0.2) is 0 Å². The molecule has 2 atom stereocenters. The first-order chi connectivity index (χ1) is 13.7. The molecular formula is C21H23F3N2O3. The number of hydrogen-bond donors (Lipinski definition) is 2. The van der Waals surface area contributed by atoms with E-state index in [0.29, 0.717) is 5.56 Å². The van der Waals surface area contributed by atoms with E-state index >= 15 is 0 Å². The van der Waals surface area contributed by atoms with Crippen molar-refractivity contribution in [2.24, 2.45) is 5.92 Å². The van der Waals surface area contributed by atoms with Crippen molar-refractivity contribution in [1.82, 2.24) is 10.6 Å². The molecule has 0 radical (unpaired) electrons. The molecule has 0 heterocycles. The lowest BCUT2D eigenvalue weighted by atomic mass is 10.0. The van der Waals surface area contributed by atoms with Gasteiger partial charge in [-0.05, 0) is 42.7 Å². The number of hydrogen-bond acceptors (Lipinski definition) is 3. The van der Waals surface area contributed by atoms with Crippen LogP contribution in [0.5, 0.6) is 5.75 Å². The van der Waals surface area contributed by atoms with Gasteiger partial charge in [0, 0.05) is 0 Å². The van der Waals surface area contributed by atoms with Gasteiger partial charge in [0.2, 0.25) is 5.91 Å². The summed E-state index contributed by atoms with van der Waals surface area (Å²) in [6, 6.07) is 10.0. The molecule has 2 amide bonds. The summed E-state index contributed by atoms with van der Waals surface area (Å²) >= 11 is 0. The highest BCUT2D eigenvalue weighted by Gasteiger charge is 2.27. The Labute approximate surface area is 167 Å². The highest BCUT2D eigenvalue weighted by Crippen LogP contribution is 2.21. The lowest BCUT2D eigenvalue weighted by Crippen LogP contribution is -2.50. The van der Waals surface area contributed by atoms with Gasteiger partial charge >= 0.3 is 6.61 Å². The Morgan fingerprint density at radius 2 is 1.66 bits per heavy atom. The van der Waals surface area contributed by atoms with Gasteiger partial charge in [-0.2, -0.15) is 8.78 Å². The molecule has 0 fully saturated rings. The predicted octanol–water partition coefficient (Wildman–Crippen LogP) is 4.06. The smallest absolute Gasteiger partial charge is 0.387 e. The molecule has 2 N–H and O–H groups in total. The molecule has 0 aliphatic carbocycles. The van der Waals surface area contributed by atoms with E-state index in [1.165, 1.54) is 36.4 Å². The minimum absolute atomic E-state index is 0.0214. The molecule has 2 unspecified atom stereocenters. The minimum atomic E-state index is -2.95. The first kappa shape index (κ1) is 22.3. The number of nitrogens with one attached hydrogen (secondary N) is 2. The van der Waals surface area contributed by atoms with E-state index in [2.05, 4.69) is 15.4 Å². The summed E-state index contributed by atoms with van der Waals surface area (Å²) in [4.78, 5) is 25.1. The van der Waals surface area contributed by atoms with Crippen LogP contribution in [-0.4, -0.2) is 24.5 Å². The zero-order valence-electron chi connectivity index (χ0n) is 16.3. The molecular weight excluding hydrogens is 385 g/mol. The largest absolute Gasteiger partial charge is 0.435 e. The van der Waals surface area contributed by atoms with Crippen molar-refractivity contribution in [1.29, 1.82) is 0 Å². The van der Waals surface area contributed by atoms with E-state index in [-0.39, 0.29) is 17.2 Å². The Balaban J connectivity index is 2.09. The predicted molar refractivity (Wildman–Crippen MR) is 102 cm³/mol. The molecule has 0 aromatic heterocycles. The van der Waals surface area contributed by atoms with E-state index in [4.69, 9.17) is 0 Å². The molecule has 2 aromatic rings. The maximum absolute atomic E-state index is 13.8. The van der Waals surface area contributed by atoms with Crippen LogP contribution in [0.15, 0.2) is 48.5 Å². The summed E-state index contributed by atoms with van der Waals surface area (Å²) in [5.74, 6) is -2.15. The molecule has 156 valence electrons. The molecule has 0 aliphatic heterocycles. The molecule has 0 bridgehead atoms. The lowest BCUT2D eigenvalue weighted by Gasteiger charge is -2.24. The molecule has 0 spiro atoms. The number of alkyl halides is 2. The normalized spacial score (nSPS) is 13.1. The van der Waals surface area contributed by atoms with E-state index in [1.807, 2.05) is 0 Å². The number of amides is 2. The zero-order chi connectivity index (χ0) is 21.6. The van der Waals surface area contributed by atoms with Crippen LogP contribution in [0.4, 0.5) is 13.2 Å². The fourth-order valence-corrected chi connectivity index (χ4v) is 2.75. The van der Waals surface area contributed by atoms with Crippen LogP contribution in [0.25, 0.3) is 0 Å². The van der Waals surface area contributed by atoms with Crippen molar-refractivity contribution in [3.05, 3.63) is 65.5 Å². The van der Waals surface area contributed by atoms with Crippen molar-refractivity contribution in [3.8, 4) is 5.75 Å². The molecule has 29 heavy (non-hydrogen) atoms. The Morgan fingerprint density at radius 1 is 0.966 bits per heavy atom. The standard InChI is InChI=1S/C21H23F3N2O3/c1-12(2)18(26-19(27)16-9-4-5-10-17(16)22)20(28)25-13(3)14-7-6-8-15(11-14)29-21(23)24/h4-13,18,21H,1-3H3,(H,25,28)(H,26,27). The van der Waals surface area contributed by atoms with Gasteiger partial charge in [-0.1, -0.05) is 38.1 Å². The first-order valence-corrected chi connectivity index (χ1v) is 9.09. The van der Waals surface area contributed by atoms with Crippen molar-refractivity contribution in [3.63, 3.8) is 0 Å². The van der Waals surface area contributed by atoms with Crippen LogP contribution in [-0.2, 0) is 4.79 Å². The number of benzene rings is 2. The van der Waals surface area contributed by atoms with E-state index < -0.39 is 36.3 Å². The summed E-state index contributed by atoms with van der Waals surface area (Å²) < 4.78 is 43.0.